The first kappa shape index (κ1) is 16.9. The molecular formula is C16H23N3O2S. The van der Waals surface area contributed by atoms with Gasteiger partial charge in [0, 0.05) is 30.4 Å². The Kier molecular flexibility index (Phi) is 5.50. The summed E-state index contributed by atoms with van der Waals surface area (Å²) in [6.45, 7) is 7.57. The average Bonchev–Trinajstić information content (AvgIpc) is 2.45. The van der Waals surface area contributed by atoms with Crippen LogP contribution >= 0.6 is 0 Å². The molecule has 1 heterocycles. The van der Waals surface area contributed by atoms with Crippen LogP contribution in [-0.2, 0) is 10.0 Å². The molecular weight excluding hydrogens is 298 g/mol. The minimum atomic E-state index is -3.51. The largest absolute Gasteiger partial charge is 0.315 e. The predicted molar refractivity (Wildman–Crippen MR) is 89.2 cm³/mol. The van der Waals surface area contributed by atoms with Crippen LogP contribution in [0.3, 0.4) is 0 Å². The van der Waals surface area contributed by atoms with Crippen LogP contribution in [-0.4, -0.2) is 32.5 Å². The van der Waals surface area contributed by atoms with E-state index in [0.29, 0.717) is 12.5 Å². The van der Waals surface area contributed by atoms with Crippen molar-refractivity contribution in [2.75, 3.05) is 13.1 Å². The van der Waals surface area contributed by atoms with Crippen molar-refractivity contribution < 1.29 is 8.42 Å². The van der Waals surface area contributed by atoms with Crippen LogP contribution in [0.25, 0.3) is 10.8 Å². The first-order valence-corrected chi connectivity index (χ1v) is 8.93. The number of fused-ring (bicyclic) bond motifs is 1. The highest BCUT2D eigenvalue weighted by molar-refractivity contribution is 7.89. The van der Waals surface area contributed by atoms with Crippen molar-refractivity contribution in [2.45, 2.75) is 31.7 Å². The molecule has 0 bridgehead atoms. The predicted octanol–water partition coefficient (Wildman–Crippen LogP) is 2.15. The van der Waals surface area contributed by atoms with Crippen LogP contribution in [0.15, 0.2) is 41.6 Å². The van der Waals surface area contributed by atoms with E-state index in [9.17, 15) is 8.42 Å². The third-order valence-electron chi connectivity index (χ3n) is 3.28. The Morgan fingerprint density at radius 3 is 2.59 bits per heavy atom. The number of sulfonamides is 1. The number of nitrogens with one attached hydrogen (secondary N) is 2. The smallest absolute Gasteiger partial charge is 0.240 e. The highest BCUT2D eigenvalue weighted by Gasteiger charge is 2.17. The maximum atomic E-state index is 12.4. The molecule has 2 rings (SSSR count). The summed E-state index contributed by atoms with van der Waals surface area (Å²) in [7, 11) is -3.51. The van der Waals surface area contributed by atoms with Crippen LogP contribution < -0.4 is 10.0 Å². The van der Waals surface area contributed by atoms with Gasteiger partial charge in [0.05, 0.1) is 4.90 Å². The molecule has 0 amide bonds. The molecule has 0 aliphatic carbocycles. The standard InChI is InChI=1S/C16H23N3O2S/c1-12(2)9-18-10-13(3)19-22(20,21)16-5-4-15-11-17-7-6-14(15)8-16/h4-8,11-13,18-19H,9-10H2,1-3H3. The van der Waals surface area contributed by atoms with Gasteiger partial charge in [0.15, 0.2) is 0 Å². The van der Waals surface area contributed by atoms with Gasteiger partial charge in [-0.15, -0.1) is 0 Å². The van der Waals surface area contributed by atoms with Crippen molar-refractivity contribution >= 4 is 20.8 Å². The lowest BCUT2D eigenvalue weighted by atomic mass is 10.2. The second-order valence-corrected chi connectivity index (χ2v) is 7.67. The van der Waals surface area contributed by atoms with E-state index in [1.807, 2.05) is 13.0 Å². The van der Waals surface area contributed by atoms with E-state index in [-0.39, 0.29) is 10.9 Å². The van der Waals surface area contributed by atoms with E-state index in [1.165, 1.54) is 0 Å². The van der Waals surface area contributed by atoms with Gasteiger partial charge in [-0.1, -0.05) is 19.9 Å². The highest BCUT2D eigenvalue weighted by atomic mass is 32.2. The lowest BCUT2D eigenvalue weighted by molar-refractivity contribution is 0.502. The zero-order valence-corrected chi connectivity index (χ0v) is 14.0. The molecule has 0 saturated heterocycles. The molecule has 2 aromatic rings. The van der Waals surface area contributed by atoms with Gasteiger partial charge in [0.25, 0.3) is 0 Å². The number of hydrogen-bond acceptors (Lipinski definition) is 4. The van der Waals surface area contributed by atoms with Gasteiger partial charge in [-0.3, -0.25) is 4.98 Å². The second-order valence-electron chi connectivity index (χ2n) is 5.96. The van der Waals surface area contributed by atoms with Gasteiger partial charge in [0.1, 0.15) is 0 Å². The Bertz CT molecular complexity index is 729. The van der Waals surface area contributed by atoms with E-state index in [4.69, 9.17) is 0 Å². The van der Waals surface area contributed by atoms with Gasteiger partial charge in [-0.25, -0.2) is 13.1 Å². The molecule has 0 saturated carbocycles. The van der Waals surface area contributed by atoms with Crippen molar-refractivity contribution in [3.8, 4) is 0 Å². The number of pyridine rings is 1. The molecule has 1 aromatic heterocycles. The molecule has 0 spiro atoms. The van der Waals surface area contributed by atoms with E-state index in [2.05, 4.69) is 28.9 Å². The molecule has 1 aromatic carbocycles. The summed E-state index contributed by atoms with van der Waals surface area (Å²) in [5.41, 5.74) is 0. The van der Waals surface area contributed by atoms with E-state index >= 15 is 0 Å². The van der Waals surface area contributed by atoms with Crippen molar-refractivity contribution in [3.63, 3.8) is 0 Å². The Hall–Kier alpha value is -1.50. The number of aromatic nitrogens is 1. The van der Waals surface area contributed by atoms with Crippen molar-refractivity contribution in [3.05, 3.63) is 36.7 Å². The summed E-state index contributed by atoms with van der Waals surface area (Å²) < 4.78 is 27.6. The maximum Gasteiger partial charge on any atom is 0.240 e. The third-order valence-corrected chi connectivity index (χ3v) is 4.87. The third kappa shape index (κ3) is 4.50. The van der Waals surface area contributed by atoms with Crippen molar-refractivity contribution in [1.82, 2.24) is 15.0 Å². The minimum absolute atomic E-state index is 0.170. The number of nitrogens with zero attached hydrogens (tertiary/aromatic N) is 1. The summed E-state index contributed by atoms with van der Waals surface area (Å²) in [6, 6.07) is 6.70. The average molecular weight is 321 g/mol. The summed E-state index contributed by atoms with van der Waals surface area (Å²) >= 11 is 0. The van der Waals surface area contributed by atoms with Gasteiger partial charge in [-0.2, -0.15) is 0 Å². The van der Waals surface area contributed by atoms with Crippen molar-refractivity contribution in [2.24, 2.45) is 5.92 Å². The zero-order chi connectivity index (χ0) is 16.2. The number of benzene rings is 1. The Balaban J connectivity index is 2.08. The Labute approximate surface area is 132 Å². The molecule has 1 unspecified atom stereocenters. The van der Waals surface area contributed by atoms with Gasteiger partial charge >= 0.3 is 0 Å². The van der Waals surface area contributed by atoms with Gasteiger partial charge in [0.2, 0.25) is 10.0 Å². The fraction of sp³-hybridized carbons (Fsp3) is 0.438. The number of rotatable bonds is 7. The molecule has 5 nitrogen and oxygen atoms in total. The molecule has 22 heavy (non-hydrogen) atoms. The van der Waals surface area contributed by atoms with Crippen LogP contribution in [0.1, 0.15) is 20.8 Å². The summed E-state index contributed by atoms with van der Waals surface area (Å²) in [6.07, 6.45) is 3.38. The van der Waals surface area contributed by atoms with E-state index < -0.39 is 10.0 Å². The van der Waals surface area contributed by atoms with Crippen LogP contribution in [0, 0.1) is 5.92 Å². The second kappa shape index (κ2) is 7.17. The summed E-state index contributed by atoms with van der Waals surface area (Å²) in [5, 5.41) is 5.04. The van der Waals surface area contributed by atoms with Crippen LogP contribution in [0.4, 0.5) is 0 Å². The summed E-state index contributed by atoms with van der Waals surface area (Å²) in [4.78, 5) is 4.31. The molecule has 0 fully saturated rings. The topological polar surface area (TPSA) is 71.1 Å². The van der Waals surface area contributed by atoms with E-state index in [0.717, 1.165) is 17.3 Å². The first-order valence-electron chi connectivity index (χ1n) is 7.45. The zero-order valence-electron chi connectivity index (χ0n) is 13.2. The van der Waals surface area contributed by atoms with Crippen molar-refractivity contribution in [1.29, 1.82) is 0 Å². The lowest BCUT2D eigenvalue weighted by Gasteiger charge is -2.16. The Morgan fingerprint density at radius 1 is 1.09 bits per heavy atom. The highest BCUT2D eigenvalue weighted by Crippen LogP contribution is 2.18. The minimum Gasteiger partial charge on any atom is -0.315 e. The van der Waals surface area contributed by atoms with Gasteiger partial charge in [-0.05, 0) is 43.0 Å². The van der Waals surface area contributed by atoms with Gasteiger partial charge < -0.3 is 5.32 Å². The SMILES string of the molecule is CC(C)CNCC(C)NS(=O)(=O)c1ccc2cnccc2c1. The molecule has 2 N–H and O–H groups in total. The maximum absolute atomic E-state index is 12.4. The normalized spacial score (nSPS) is 13.6. The monoisotopic (exact) mass is 321 g/mol. The molecule has 1 atom stereocenters. The molecule has 0 aliphatic heterocycles. The molecule has 0 radical (unpaired) electrons. The lowest BCUT2D eigenvalue weighted by Crippen LogP contribution is -2.40. The summed E-state index contributed by atoms with van der Waals surface area (Å²) in [5.74, 6) is 0.540. The van der Waals surface area contributed by atoms with Crippen LogP contribution in [0.2, 0.25) is 0 Å². The van der Waals surface area contributed by atoms with Crippen LogP contribution in [0.5, 0.6) is 0 Å². The molecule has 120 valence electrons. The number of hydrogen-bond donors (Lipinski definition) is 2. The van der Waals surface area contributed by atoms with E-state index in [1.54, 1.807) is 30.6 Å². The fourth-order valence-electron chi connectivity index (χ4n) is 2.19. The quantitative estimate of drug-likeness (QED) is 0.820. The first-order chi connectivity index (χ1) is 10.4. The molecule has 6 heteroatoms. The Morgan fingerprint density at radius 2 is 1.86 bits per heavy atom. The fourth-order valence-corrected chi connectivity index (χ4v) is 3.47. The molecule has 0 aliphatic rings.